The average molecular weight is 411 g/mol. The van der Waals surface area contributed by atoms with Gasteiger partial charge >= 0.3 is 5.97 Å². The Hall–Kier alpha value is -3.75. The van der Waals surface area contributed by atoms with Gasteiger partial charge in [0.2, 0.25) is 17.7 Å². The Morgan fingerprint density at radius 2 is 1.93 bits per heavy atom. The maximum Gasteiger partial charge on any atom is 0.322 e. The molecule has 1 aromatic carbocycles. The molecule has 0 spiro atoms. The minimum absolute atomic E-state index is 0.0474. The quantitative estimate of drug-likeness (QED) is 0.648. The molecule has 156 valence electrons. The summed E-state index contributed by atoms with van der Waals surface area (Å²) in [5, 5.41) is 10.8. The molecule has 1 fully saturated rings. The fourth-order valence-corrected chi connectivity index (χ4v) is 3.22. The van der Waals surface area contributed by atoms with Crippen LogP contribution in [0.1, 0.15) is 12.0 Å². The summed E-state index contributed by atoms with van der Waals surface area (Å²) in [6.07, 6.45) is 1.70. The minimum Gasteiger partial charge on any atom is -0.481 e. The van der Waals surface area contributed by atoms with Gasteiger partial charge in [0.25, 0.3) is 0 Å². The number of carbonyl (C=O) groups is 4. The molecule has 2 aromatic rings. The average Bonchev–Trinajstić information content (AvgIpc) is 2.75. The molecular formula is C21H21N3O6. The smallest absolute Gasteiger partial charge is 0.322 e. The van der Waals surface area contributed by atoms with E-state index < -0.39 is 36.0 Å². The van der Waals surface area contributed by atoms with Crippen LogP contribution in [0.15, 0.2) is 42.6 Å². The second kappa shape index (κ2) is 9.17. The molecular weight excluding hydrogens is 390 g/mol. The summed E-state index contributed by atoms with van der Waals surface area (Å²) < 4.78 is 5.13. The molecule has 1 aliphatic heterocycles. The zero-order valence-electron chi connectivity index (χ0n) is 16.3. The summed E-state index contributed by atoms with van der Waals surface area (Å²) in [5.41, 5.74) is 2.72. The second-order valence-electron chi connectivity index (χ2n) is 6.80. The molecule has 0 radical (unpaired) electrons. The highest BCUT2D eigenvalue weighted by atomic mass is 16.5. The first-order valence-corrected chi connectivity index (χ1v) is 9.29. The van der Waals surface area contributed by atoms with Crippen molar-refractivity contribution in [2.45, 2.75) is 13.0 Å². The van der Waals surface area contributed by atoms with Crippen LogP contribution in [0.5, 0.6) is 5.88 Å². The lowest BCUT2D eigenvalue weighted by Gasteiger charge is -2.30. The largest absolute Gasteiger partial charge is 0.481 e. The van der Waals surface area contributed by atoms with Gasteiger partial charge in [-0.3, -0.25) is 19.2 Å². The number of hydrogen-bond acceptors (Lipinski definition) is 6. The number of carboxylic acids is 1. The first-order valence-electron chi connectivity index (χ1n) is 9.29. The van der Waals surface area contributed by atoms with Gasteiger partial charge in [-0.15, -0.1) is 0 Å². The van der Waals surface area contributed by atoms with Crippen molar-refractivity contribution in [2.24, 2.45) is 5.92 Å². The zero-order valence-corrected chi connectivity index (χ0v) is 16.3. The Kier molecular flexibility index (Phi) is 6.41. The third-order valence-corrected chi connectivity index (χ3v) is 4.79. The molecule has 2 amide bonds. The van der Waals surface area contributed by atoms with Gasteiger partial charge in [-0.1, -0.05) is 24.3 Å². The van der Waals surface area contributed by atoms with Gasteiger partial charge in [0.05, 0.1) is 7.11 Å². The third kappa shape index (κ3) is 4.80. The van der Waals surface area contributed by atoms with Gasteiger partial charge < -0.3 is 20.1 Å². The molecule has 1 unspecified atom stereocenters. The summed E-state index contributed by atoms with van der Waals surface area (Å²) in [6.45, 7) is -0.185. The minimum atomic E-state index is -1.50. The van der Waals surface area contributed by atoms with E-state index >= 15 is 0 Å². The van der Waals surface area contributed by atoms with Crippen molar-refractivity contribution in [1.29, 1.82) is 0 Å². The van der Waals surface area contributed by atoms with Crippen LogP contribution in [0.25, 0.3) is 11.1 Å². The standard InChI is InChI=1S/C21H21N3O6/c1-30-17-10-15(6-8-22-17)14-4-2-13(3-5-14)12-24-9-7-16(25)19(21(24)29)20(28)23-11-18(26)27/h2-6,8,10,19H,7,9,11-12H2,1H3,(H,23,28)(H,26,27). The van der Waals surface area contributed by atoms with Crippen molar-refractivity contribution >= 4 is 23.6 Å². The van der Waals surface area contributed by atoms with E-state index in [9.17, 15) is 19.2 Å². The van der Waals surface area contributed by atoms with E-state index in [1.807, 2.05) is 36.4 Å². The first kappa shape index (κ1) is 21.0. The van der Waals surface area contributed by atoms with Crippen molar-refractivity contribution in [3.05, 3.63) is 48.2 Å². The van der Waals surface area contributed by atoms with Crippen LogP contribution in [-0.2, 0) is 25.7 Å². The second-order valence-corrected chi connectivity index (χ2v) is 6.80. The van der Waals surface area contributed by atoms with Crippen molar-refractivity contribution in [1.82, 2.24) is 15.2 Å². The van der Waals surface area contributed by atoms with E-state index in [-0.39, 0.29) is 19.5 Å². The number of rotatable bonds is 7. The van der Waals surface area contributed by atoms with Crippen LogP contribution < -0.4 is 10.1 Å². The molecule has 1 aromatic heterocycles. The number of hydrogen-bond donors (Lipinski definition) is 2. The molecule has 3 rings (SSSR count). The molecule has 0 saturated carbocycles. The van der Waals surface area contributed by atoms with Gasteiger partial charge in [-0.05, 0) is 22.8 Å². The van der Waals surface area contributed by atoms with Crippen molar-refractivity contribution in [2.75, 3.05) is 20.2 Å². The number of pyridine rings is 1. The summed E-state index contributed by atoms with van der Waals surface area (Å²) >= 11 is 0. The van der Waals surface area contributed by atoms with E-state index in [2.05, 4.69) is 10.3 Å². The molecule has 1 aliphatic rings. The number of ether oxygens (including phenoxy) is 1. The van der Waals surface area contributed by atoms with Crippen molar-refractivity contribution < 1.29 is 29.0 Å². The number of amides is 2. The molecule has 9 nitrogen and oxygen atoms in total. The summed E-state index contributed by atoms with van der Waals surface area (Å²) in [7, 11) is 1.55. The highest BCUT2D eigenvalue weighted by Gasteiger charge is 2.40. The topological polar surface area (TPSA) is 126 Å². The van der Waals surface area contributed by atoms with E-state index in [1.54, 1.807) is 13.3 Å². The predicted molar refractivity (Wildman–Crippen MR) is 105 cm³/mol. The number of nitrogens with zero attached hydrogens (tertiary/aromatic N) is 2. The molecule has 2 N–H and O–H groups in total. The van der Waals surface area contributed by atoms with E-state index in [4.69, 9.17) is 9.84 Å². The van der Waals surface area contributed by atoms with Crippen LogP contribution >= 0.6 is 0 Å². The van der Waals surface area contributed by atoms with Gasteiger partial charge in [0.1, 0.15) is 6.54 Å². The number of aromatic nitrogens is 1. The fraction of sp³-hybridized carbons (Fsp3) is 0.286. The summed E-state index contributed by atoms with van der Waals surface area (Å²) in [4.78, 5) is 53.0. The number of methoxy groups -OCH3 is 1. The number of carboxylic acid groups (broad SMARTS) is 1. The lowest BCUT2D eigenvalue weighted by molar-refractivity contribution is -0.152. The number of carbonyl (C=O) groups excluding carboxylic acids is 3. The Bertz CT molecular complexity index is 973. The van der Waals surface area contributed by atoms with Crippen LogP contribution in [0.3, 0.4) is 0 Å². The zero-order chi connectivity index (χ0) is 21.7. The normalized spacial score (nSPS) is 16.3. The van der Waals surface area contributed by atoms with Crippen molar-refractivity contribution in [3.8, 4) is 17.0 Å². The van der Waals surface area contributed by atoms with Gasteiger partial charge in [-0.25, -0.2) is 4.98 Å². The Labute approximate surface area is 172 Å². The van der Waals surface area contributed by atoms with Gasteiger partial charge in [-0.2, -0.15) is 0 Å². The monoisotopic (exact) mass is 411 g/mol. The lowest BCUT2D eigenvalue weighted by Crippen LogP contribution is -2.52. The van der Waals surface area contributed by atoms with Crippen LogP contribution in [0, 0.1) is 5.92 Å². The predicted octanol–water partition coefficient (Wildman–Crippen LogP) is 0.876. The number of piperidine rings is 1. The molecule has 0 aliphatic carbocycles. The molecule has 0 bridgehead atoms. The van der Waals surface area contributed by atoms with Crippen molar-refractivity contribution in [3.63, 3.8) is 0 Å². The van der Waals surface area contributed by atoms with Crippen LogP contribution in [-0.4, -0.2) is 58.8 Å². The number of benzene rings is 1. The number of aliphatic carboxylic acids is 1. The van der Waals surface area contributed by atoms with E-state index in [1.165, 1.54) is 4.90 Å². The highest BCUT2D eigenvalue weighted by molar-refractivity contribution is 6.19. The molecule has 30 heavy (non-hydrogen) atoms. The number of nitrogens with one attached hydrogen (secondary N) is 1. The Morgan fingerprint density at radius 1 is 1.20 bits per heavy atom. The fourth-order valence-electron chi connectivity index (χ4n) is 3.22. The Morgan fingerprint density at radius 3 is 2.60 bits per heavy atom. The molecule has 1 atom stereocenters. The molecule has 2 heterocycles. The highest BCUT2D eigenvalue weighted by Crippen LogP contribution is 2.24. The number of Topliss-reactive ketones (excluding diaryl/α,β-unsaturated/α-hetero) is 1. The van der Waals surface area contributed by atoms with Gasteiger partial charge in [0.15, 0.2) is 11.7 Å². The number of ketones is 1. The molecule has 1 saturated heterocycles. The van der Waals surface area contributed by atoms with E-state index in [0.29, 0.717) is 5.88 Å². The van der Waals surface area contributed by atoms with Crippen LogP contribution in [0.2, 0.25) is 0 Å². The number of likely N-dealkylation sites (tertiary alicyclic amines) is 1. The van der Waals surface area contributed by atoms with Gasteiger partial charge in [0, 0.05) is 31.8 Å². The third-order valence-electron chi connectivity index (χ3n) is 4.79. The lowest BCUT2D eigenvalue weighted by atomic mass is 9.94. The molecule has 9 heteroatoms. The maximum absolute atomic E-state index is 12.7. The maximum atomic E-state index is 12.7. The summed E-state index contributed by atoms with van der Waals surface area (Å²) in [6, 6.07) is 11.2. The summed E-state index contributed by atoms with van der Waals surface area (Å²) in [5.74, 6) is -4.23. The van der Waals surface area contributed by atoms with Crippen LogP contribution in [0.4, 0.5) is 0 Å². The van der Waals surface area contributed by atoms with E-state index in [0.717, 1.165) is 16.7 Å². The Balaban J connectivity index is 1.69. The SMILES string of the molecule is COc1cc(-c2ccc(CN3CCC(=O)C(C(=O)NCC(=O)O)C3=O)cc2)ccn1. The first-order chi connectivity index (χ1) is 14.4.